The summed E-state index contributed by atoms with van der Waals surface area (Å²) in [6, 6.07) is 5.06. The van der Waals surface area contributed by atoms with Crippen LogP contribution in [0.4, 0.5) is 14.5 Å². The van der Waals surface area contributed by atoms with Gasteiger partial charge in [-0.05, 0) is 31.4 Å². The third-order valence-corrected chi connectivity index (χ3v) is 9.06. The van der Waals surface area contributed by atoms with Gasteiger partial charge in [-0.2, -0.15) is 15.1 Å². The second kappa shape index (κ2) is 7.38. The molecule has 2 aromatic heterocycles. The molecule has 0 amide bonds. The number of halogens is 2. The Hall–Kier alpha value is -2.73. The summed E-state index contributed by atoms with van der Waals surface area (Å²) < 4.78 is 61.9. The standard InChI is InChI=1S/C20H19F2N7O3S2/c21-16(22)17-25-26-18(33-17)29-15-6-12(34(30,31)27-20(8-23)1-2-20)5-14(13(15)7-24-29)28-4-3-19(9-28)10-32-11-19/h5-7,16,27H,1-4,9-11H2. The van der Waals surface area contributed by atoms with Crippen molar-refractivity contribution >= 4 is 38.0 Å². The Labute approximate surface area is 197 Å². The number of sulfonamides is 1. The monoisotopic (exact) mass is 507 g/mol. The Bertz CT molecular complexity index is 1440. The van der Waals surface area contributed by atoms with Gasteiger partial charge < -0.3 is 9.64 Å². The van der Waals surface area contributed by atoms with Crippen LogP contribution in [0.25, 0.3) is 16.0 Å². The van der Waals surface area contributed by atoms with Crippen LogP contribution in [0.5, 0.6) is 0 Å². The largest absolute Gasteiger partial charge is 0.380 e. The van der Waals surface area contributed by atoms with Gasteiger partial charge in [0.15, 0.2) is 5.01 Å². The van der Waals surface area contributed by atoms with Crippen molar-refractivity contribution < 1.29 is 21.9 Å². The Morgan fingerprint density at radius 2 is 2.03 bits per heavy atom. The zero-order chi connectivity index (χ0) is 23.7. The summed E-state index contributed by atoms with van der Waals surface area (Å²) in [6.45, 7) is 2.76. The number of ether oxygens (including phenoxy) is 1. The third kappa shape index (κ3) is 3.46. The molecule has 4 heterocycles. The zero-order valence-electron chi connectivity index (χ0n) is 17.7. The molecule has 1 saturated carbocycles. The number of hydrogen-bond acceptors (Lipinski definition) is 9. The van der Waals surface area contributed by atoms with E-state index in [-0.39, 0.29) is 15.4 Å². The fourth-order valence-corrected chi connectivity index (χ4v) is 6.58. The normalized spacial score (nSPS) is 20.7. The van der Waals surface area contributed by atoms with Gasteiger partial charge in [0, 0.05) is 29.6 Å². The number of rotatable bonds is 6. The smallest absolute Gasteiger partial charge is 0.291 e. The number of alkyl halides is 2. The quantitative estimate of drug-likeness (QED) is 0.539. The predicted octanol–water partition coefficient (Wildman–Crippen LogP) is 2.38. The van der Waals surface area contributed by atoms with E-state index in [0.29, 0.717) is 60.5 Å². The highest BCUT2D eigenvalue weighted by molar-refractivity contribution is 7.89. The molecule has 14 heteroatoms. The van der Waals surface area contributed by atoms with Crippen LogP contribution in [0.3, 0.4) is 0 Å². The van der Waals surface area contributed by atoms with Crippen molar-refractivity contribution in [1.29, 1.82) is 5.26 Å². The molecule has 0 bridgehead atoms. The molecule has 1 N–H and O–H groups in total. The minimum absolute atomic E-state index is 0.0253. The molecule has 34 heavy (non-hydrogen) atoms. The second-order valence-corrected chi connectivity index (χ2v) is 11.8. The number of nitrogens with zero attached hydrogens (tertiary/aromatic N) is 6. The van der Waals surface area contributed by atoms with E-state index >= 15 is 0 Å². The molecule has 178 valence electrons. The summed E-state index contributed by atoms with van der Waals surface area (Å²) >= 11 is 0.691. The van der Waals surface area contributed by atoms with Crippen LogP contribution in [-0.2, 0) is 14.8 Å². The maximum atomic E-state index is 13.3. The first kappa shape index (κ1) is 21.8. The highest BCUT2D eigenvalue weighted by Crippen LogP contribution is 2.43. The van der Waals surface area contributed by atoms with E-state index in [9.17, 15) is 22.5 Å². The van der Waals surface area contributed by atoms with E-state index in [0.717, 1.165) is 13.0 Å². The summed E-state index contributed by atoms with van der Waals surface area (Å²) in [4.78, 5) is 2.08. The molecule has 0 radical (unpaired) electrons. The van der Waals surface area contributed by atoms with Crippen molar-refractivity contribution in [2.45, 2.75) is 36.1 Å². The predicted molar refractivity (Wildman–Crippen MR) is 117 cm³/mol. The van der Waals surface area contributed by atoms with Crippen LogP contribution in [0, 0.1) is 16.7 Å². The summed E-state index contributed by atoms with van der Waals surface area (Å²) in [5.41, 5.74) is 0.0519. The summed E-state index contributed by atoms with van der Waals surface area (Å²) in [7, 11) is -4.03. The number of aromatic nitrogens is 4. The van der Waals surface area contributed by atoms with Crippen molar-refractivity contribution in [1.82, 2.24) is 24.7 Å². The molecule has 1 aromatic carbocycles. The third-order valence-electron chi connectivity index (χ3n) is 6.64. The first-order valence-electron chi connectivity index (χ1n) is 10.6. The van der Waals surface area contributed by atoms with Crippen LogP contribution < -0.4 is 9.62 Å². The first-order valence-corrected chi connectivity index (χ1v) is 12.9. The van der Waals surface area contributed by atoms with E-state index < -0.39 is 27.0 Å². The number of benzene rings is 1. The van der Waals surface area contributed by atoms with Gasteiger partial charge in [0.25, 0.3) is 6.43 Å². The van der Waals surface area contributed by atoms with Crippen LogP contribution in [0.15, 0.2) is 23.2 Å². The molecule has 1 spiro atoms. The highest BCUT2D eigenvalue weighted by atomic mass is 32.2. The van der Waals surface area contributed by atoms with E-state index in [1.54, 1.807) is 12.3 Å². The molecule has 6 rings (SSSR count). The molecule has 3 aliphatic rings. The van der Waals surface area contributed by atoms with Crippen molar-refractivity contribution in [2.75, 3.05) is 31.2 Å². The number of fused-ring (bicyclic) bond motifs is 1. The van der Waals surface area contributed by atoms with Gasteiger partial charge in [-0.3, -0.25) is 0 Å². The molecular formula is C20H19F2N7O3S2. The van der Waals surface area contributed by atoms with Gasteiger partial charge in [-0.25, -0.2) is 21.9 Å². The second-order valence-electron chi connectivity index (χ2n) is 9.12. The SMILES string of the molecule is N#CC1(NS(=O)(=O)c2cc(N3CCC4(COC4)C3)c3cnn(-c4nnc(C(F)F)s4)c3c2)CC1. The van der Waals surface area contributed by atoms with Crippen LogP contribution in [0.2, 0.25) is 0 Å². The van der Waals surface area contributed by atoms with Gasteiger partial charge in [-0.1, -0.05) is 11.3 Å². The lowest BCUT2D eigenvalue weighted by Crippen LogP contribution is -2.44. The molecule has 2 aliphatic heterocycles. The van der Waals surface area contributed by atoms with Crippen LogP contribution in [0.1, 0.15) is 30.7 Å². The van der Waals surface area contributed by atoms with Gasteiger partial charge in [0.1, 0.15) is 5.54 Å². The highest BCUT2D eigenvalue weighted by Gasteiger charge is 2.47. The molecule has 10 nitrogen and oxygen atoms in total. The Morgan fingerprint density at radius 3 is 2.62 bits per heavy atom. The maximum absolute atomic E-state index is 13.3. The first-order chi connectivity index (χ1) is 16.2. The number of nitriles is 1. The fraction of sp³-hybridized carbons (Fsp3) is 0.500. The Morgan fingerprint density at radius 1 is 1.24 bits per heavy atom. The molecular weight excluding hydrogens is 488 g/mol. The molecule has 3 aromatic rings. The van der Waals surface area contributed by atoms with Crippen molar-refractivity contribution in [3.05, 3.63) is 23.3 Å². The van der Waals surface area contributed by atoms with Gasteiger partial charge in [-0.15, -0.1) is 10.2 Å². The van der Waals surface area contributed by atoms with Gasteiger partial charge >= 0.3 is 0 Å². The topological polar surface area (TPSA) is 126 Å². The Kier molecular flexibility index (Phi) is 4.73. The van der Waals surface area contributed by atoms with E-state index in [1.807, 2.05) is 6.07 Å². The number of anilines is 1. The molecule has 1 aliphatic carbocycles. The fourth-order valence-electron chi connectivity index (χ4n) is 4.50. The van der Waals surface area contributed by atoms with Crippen LogP contribution >= 0.6 is 11.3 Å². The van der Waals surface area contributed by atoms with Gasteiger partial charge in [0.05, 0.1) is 35.9 Å². The lowest BCUT2D eigenvalue weighted by atomic mass is 9.85. The lowest BCUT2D eigenvalue weighted by molar-refractivity contribution is -0.0985. The number of hydrogen-bond donors (Lipinski definition) is 1. The Balaban J connectivity index is 1.48. The van der Waals surface area contributed by atoms with Crippen molar-refractivity contribution in [3.63, 3.8) is 0 Å². The summed E-state index contributed by atoms with van der Waals surface area (Å²) in [5.74, 6) is 0. The average molecular weight is 508 g/mol. The molecule has 0 unspecified atom stereocenters. The van der Waals surface area contributed by atoms with E-state index in [2.05, 4.69) is 24.9 Å². The molecule has 3 fully saturated rings. The summed E-state index contributed by atoms with van der Waals surface area (Å²) in [6.07, 6.45) is 0.633. The summed E-state index contributed by atoms with van der Waals surface area (Å²) in [5, 5.41) is 21.4. The van der Waals surface area contributed by atoms with Gasteiger partial charge in [0.2, 0.25) is 15.2 Å². The van der Waals surface area contributed by atoms with Crippen molar-refractivity contribution in [2.24, 2.45) is 5.41 Å². The van der Waals surface area contributed by atoms with E-state index in [1.165, 1.54) is 10.7 Å². The minimum atomic E-state index is -4.03. The zero-order valence-corrected chi connectivity index (χ0v) is 19.4. The lowest BCUT2D eigenvalue weighted by Gasteiger charge is -2.38. The average Bonchev–Trinajstić information content (AvgIpc) is 3.21. The molecule has 0 atom stereocenters. The number of nitrogens with one attached hydrogen (secondary N) is 1. The molecule has 2 saturated heterocycles. The van der Waals surface area contributed by atoms with Crippen LogP contribution in [-0.4, -0.2) is 60.2 Å². The van der Waals surface area contributed by atoms with E-state index in [4.69, 9.17) is 4.74 Å². The minimum Gasteiger partial charge on any atom is -0.380 e. The maximum Gasteiger partial charge on any atom is 0.291 e. The van der Waals surface area contributed by atoms with Crippen molar-refractivity contribution in [3.8, 4) is 11.2 Å².